The van der Waals surface area contributed by atoms with E-state index < -0.39 is 52.4 Å². The van der Waals surface area contributed by atoms with E-state index in [1.807, 2.05) is 0 Å². The quantitative estimate of drug-likeness (QED) is 0.0694. The van der Waals surface area contributed by atoms with Crippen molar-refractivity contribution in [1.82, 2.24) is 34.2 Å². The highest BCUT2D eigenvalue weighted by Gasteiger charge is 2.46. The van der Waals surface area contributed by atoms with Gasteiger partial charge in [0.1, 0.15) is 18.3 Å². The second-order valence-electron chi connectivity index (χ2n) is 14.2. The summed E-state index contributed by atoms with van der Waals surface area (Å²) < 4.78 is 36.6. The Balaban J connectivity index is 0.000000882. The molecule has 1 unspecified atom stereocenters. The van der Waals surface area contributed by atoms with Crippen molar-refractivity contribution in [2.75, 3.05) is 74.3 Å². The van der Waals surface area contributed by atoms with Crippen LogP contribution >= 0.6 is 15.6 Å². The minimum absolute atomic E-state index is 0.0586. The van der Waals surface area contributed by atoms with Gasteiger partial charge in [-0.05, 0) is 81.2 Å². The van der Waals surface area contributed by atoms with E-state index in [-0.39, 0.29) is 17.1 Å². The van der Waals surface area contributed by atoms with Gasteiger partial charge in [-0.1, -0.05) is 78.6 Å². The Bertz CT molecular complexity index is 1400. The highest BCUT2D eigenvalue weighted by molar-refractivity contribution is 7.60. The molecule has 0 aliphatic carbocycles. The summed E-state index contributed by atoms with van der Waals surface area (Å²) in [5.41, 5.74) is 4.65. The van der Waals surface area contributed by atoms with E-state index in [1.165, 1.54) is 96.7 Å². The average molecular weight is 831 g/mol. The van der Waals surface area contributed by atoms with E-state index >= 15 is 0 Å². The number of anilines is 1. The first-order valence-corrected chi connectivity index (χ1v) is 22.1. The molecular weight excluding hydrogens is 758 g/mol. The molecule has 8 N–H and O–H groups in total. The van der Waals surface area contributed by atoms with Gasteiger partial charge < -0.3 is 50.1 Å². The summed E-state index contributed by atoms with van der Waals surface area (Å²) in [5.74, 6) is -0.233. The van der Waals surface area contributed by atoms with Crippen molar-refractivity contribution in [2.24, 2.45) is 0 Å². The number of nitrogens with zero attached hydrogens (tertiary/aromatic N) is 6. The van der Waals surface area contributed by atoms with Crippen LogP contribution in [-0.4, -0.2) is 146 Å². The third-order valence-electron chi connectivity index (χ3n) is 8.05. The van der Waals surface area contributed by atoms with E-state index in [4.69, 9.17) is 20.3 Å². The van der Waals surface area contributed by atoms with Gasteiger partial charge in [0.25, 0.3) is 5.56 Å². The number of hydrogen-bond donors (Lipinski definition) is 7. The average Bonchev–Trinajstić information content (AvgIpc) is 3.62. The first-order valence-electron chi connectivity index (χ1n) is 19.1. The molecule has 0 saturated carbocycles. The second kappa shape index (κ2) is 28.6. The van der Waals surface area contributed by atoms with Crippen LogP contribution in [0.4, 0.5) is 5.95 Å². The molecule has 5 atom stereocenters. The number of phosphoric ester groups is 1. The first kappa shape index (κ1) is 53.2. The van der Waals surface area contributed by atoms with Crippen LogP contribution in [0.15, 0.2) is 11.1 Å². The van der Waals surface area contributed by atoms with Crippen molar-refractivity contribution < 1.29 is 47.6 Å². The predicted molar refractivity (Wildman–Crippen MR) is 215 cm³/mol. The van der Waals surface area contributed by atoms with Crippen molar-refractivity contribution in [1.29, 1.82) is 0 Å². The van der Waals surface area contributed by atoms with Crippen molar-refractivity contribution in [3.05, 3.63) is 16.7 Å². The lowest BCUT2D eigenvalue weighted by Gasteiger charge is -2.17. The van der Waals surface area contributed by atoms with Gasteiger partial charge in [-0.2, -0.15) is 9.29 Å². The van der Waals surface area contributed by atoms with Crippen LogP contribution in [0.2, 0.25) is 0 Å². The Kier molecular flexibility index (Phi) is 27.6. The van der Waals surface area contributed by atoms with Gasteiger partial charge >= 0.3 is 15.6 Å². The van der Waals surface area contributed by atoms with Gasteiger partial charge in [-0.25, -0.2) is 14.1 Å². The number of imidazole rings is 1. The minimum atomic E-state index is -5.32. The summed E-state index contributed by atoms with van der Waals surface area (Å²) in [5, 5.41) is 20.3. The van der Waals surface area contributed by atoms with Crippen LogP contribution in [0.3, 0.4) is 0 Å². The summed E-state index contributed by atoms with van der Waals surface area (Å²) in [7, 11) is 2.29. The molecule has 0 amide bonds. The Hall–Kier alpha value is -1.83. The number of rotatable bonds is 21. The largest absolute Gasteiger partial charge is 0.481 e. The Labute approximate surface area is 327 Å². The molecule has 0 radical (unpaired) electrons. The van der Waals surface area contributed by atoms with Gasteiger partial charge in [0, 0.05) is 0 Å². The second-order valence-corrected chi connectivity index (χ2v) is 17.1. The Morgan fingerprint density at radius 3 is 1.65 bits per heavy atom. The van der Waals surface area contributed by atoms with Crippen molar-refractivity contribution in [2.45, 2.75) is 122 Å². The molecule has 1 aliphatic rings. The van der Waals surface area contributed by atoms with Gasteiger partial charge in [0.15, 0.2) is 17.4 Å². The lowest BCUT2D eigenvalue weighted by atomic mass is 10.1. The number of ether oxygens (including phenoxy) is 1. The number of phosphoric acid groups is 2. The van der Waals surface area contributed by atoms with Gasteiger partial charge in [-0.3, -0.25) is 18.9 Å². The van der Waals surface area contributed by atoms with Crippen molar-refractivity contribution >= 4 is 32.8 Å². The maximum Gasteiger partial charge on any atom is 0.481 e. The smallest absolute Gasteiger partial charge is 0.387 e. The molecule has 3 rings (SSSR count). The van der Waals surface area contributed by atoms with Crippen LogP contribution in [-0.2, 0) is 22.7 Å². The number of fused-ring (bicyclic) bond motifs is 1. The van der Waals surface area contributed by atoms with E-state index in [1.54, 1.807) is 0 Å². The SMILES string of the molecule is CCCCCCN(C)C.CCCCCCN(C)C.CCCCCCN(C)C.Nc1nc2c(ncn2[C@@H]2O[C@H](COP(=O)(O)OP(=O)(O)O)[C@@H](O)[C@H]2O)c(=O)[nH]1. The fourth-order valence-corrected chi connectivity index (χ4v) is 6.72. The number of aromatic amines is 1. The van der Waals surface area contributed by atoms with Crippen molar-refractivity contribution in [3.8, 4) is 0 Å². The van der Waals surface area contributed by atoms with Crippen molar-refractivity contribution in [3.63, 3.8) is 0 Å². The number of unbranched alkanes of at least 4 members (excludes halogenated alkanes) is 9. The summed E-state index contributed by atoms with van der Waals surface area (Å²) in [4.78, 5) is 54.8. The zero-order valence-corrected chi connectivity index (χ0v) is 36.3. The molecule has 0 bridgehead atoms. The van der Waals surface area contributed by atoms with E-state index in [0.717, 1.165) is 10.9 Å². The summed E-state index contributed by atoms with van der Waals surface area (Å²) >= 11 is 0. The number of H-pyrrole nitrogens is 1. The number of aliphatic hydroxyl groups excluding tert-OH is 2. The van der Waals surface area contributed by atoms with Crippen LogP contribution in [0.25, 0.3) is 11.2 Å². The highest BCUT2D eigenvalue weighted by Crippen LogP contribution is 2.57. The summed E-state index contributed by atoms with van der Waals surface area (Å²) in [6.45, 7) is 9.62. The fraction of sp³-hybridized carbons (Fsp3) is 0.853. The number of nitrogens with two attached hydrogens (primary N) is 1. The topological polar surface area (TPSA) is 262 Å². The molecule has 2 aromatic rings. The zero-order valence-electron chi connectivity index (χ0n) is 34.5. The first-order chi connectivity index (χ1) is 25.7. The number of nitrogen functional groups attached to an aromatic ring is 1. The molecule has 1 aliphatic heterocycles. The molecule has 21 heteroatoms. The molecule has 1 fully saturated rings. The minimum Gasteiger partial charge on any atom is -0.387 e. The monoisotopic (exact) mass is 830 g/mol. The molecule has 324 valence electrons. The fourth-order valence-electron chi connectivity index (χ4n) is 5.12. The molecule has 0 aromatic carbocycles. The molecule has 2 aromatic heterocycles. The number of nitrogens with one attached hydrogen (secondary N) is 1. The van der Waals surface area contributed by atoms with Crippen LogP contribution in [0.1, 0.15) is 104 Å². The maximum absolute atomic E-state index is 11.8. The van der Waals surface area contributed by atoms with Crippen LogP contribution < -0.4 is 11.3 Å². The van der Waals surface area contributed by atoms with E-state index in [2.05, 4.69) is 102 Å². The highest BCUT2D eigenvalue weighted by atomic mass is 31.3. The predicted octanol–water partition coefficient (Wildman–Crippen LogP) is 3.93. The number of hydrogen-bond acceptors (Lipinski definition) is 14. The van der Waals surface area contributed by atoms with Crippen LogP contribution in [0, 0.1) is 0 Å². The molecule has 1 saturated heterocycles. The molecule has 19 nitrogen and oxygen atoms in total. The Morgan fingerprint density at radius 1 is 0.800 bits per heavy atom. The summed E-state index contributed by atoms with van der Waals surface area (Å²) in [6.07, 6.45) is 11.6. The molecule has 0 spiro atoms. The third kappa shape index (κ3) is 24.5. The number of aromatic nitrogens is 4. The lowest BCUT2D eigenvalue weighted by Crippen LogP contribution is -2.33. The van der Waals surface area contributed by atoms with E-state index in [0.29, 0.717) is 0 Å². The van der Waals surface area contributed by atoms with Gasteiger partial charge in [0.2, 0.25) is 5.95 Å². The zero-order chi connectivity index (χ0) is 42.2. The van der Waals surface area contributed by atoms with E-state index in [9.17, 15) is 29.0 Å². The Morgan fingerprint density at radius 2 is 1.25 bits per heavy atom. The lowest BCUT2D eigenvalue weighted by molar-refractivity contribution is -0.0503. The van der Waals surface area contributed by atoms with Gasteiger partial charge in [0.05, 0.1) is 12.9 Å². The third-order valence-corrected chi connectivity index (χ3v) is 10.2. The maximum atomic E-state index is 11.8. The molecule has 55 heavy (non-hydrogen) atoms. The van der Waals surface area contributed by atoms with Gasteiger partial charge in [-0.15, -0.1) is 0 Å². The number of aliphatic hydroxyl groups is 2. The molecular formula is C34H72N8O11P2. The normalized spacial score (nSPS) is 19.4. The van der Waals surface area contributed by atoms with Crippen LogP contribution in [0.5, 0.6) is 0 Å². The summed E-state index contributed by atoms with van der Waals surface area (Å²) in [6, 6.07) is 0. The molecule has 3 heterocycles. The standard InChI is InChI=1S/C10H15N5O11P2.3C8H19N/c11-10-13-7-4(8(18)14-10)12-2-15(7)9-6(17)5(16)3(25-9)1-24-28(22,23)26-27(19,20)21;3*1-4-5-6-7-8-9(2)3/h2-3,5-6,9,16-17H,1H2,(H,22,23)(H2,19,20,21)(H3,11,13,14,18);3*4-8H2,1-3H3/t3-,5-,6-,9-;;;/m1.../s1.